The van der Waals surface area contributed by atoms with Gasteiger partial charge in [0.15, 0.2) is 11.5 Å². The van der Waals surface area contributed by atoms with Crippen LogP contribution < -0.4 is 10.1 Å². The average molecular weight is 339 g/mol. The van der Waals surface area contributed by atoms with E-state index in [-0.39, 0.29) is 11.5 Å². The zero-order chi connectivity index (χ0) is 18.0. The summed E-state index contributed by atoms with van der Waals surface area (Å²) in [5.74, 6) is 2.49. The molecule has 25 heavy (non-hydrogen) atoms. The summed E-state index contributed by atoms with van der Waals surface area (Å²) in [4.78, 5) is 0. The van der Waals surface area contributed by atoms with Gasteiger partial charge >= 0.3 is 0 Å². The highest BCUT2D eigenvalue weighted by molar-refractivity contribution is 5.44. The van der Waals surface area contributed by atoms with Gasteiger partial charge in [0.25, 0.3) is 0 Å². The molecule has 2 aromatic heterocycles. The van der Waals surface area contributed by atoms with Crippen molar-refractivity contribution in [2.75, 3.05) is 11.9 Å². The van der Waals surface area contributed by atoms with Gasteiger partial charge in [-0.3, -0.25) is 0 Å². The van der Waals surface area contributed by atoms with Crippen LogP contribution in [0.15, 0.2) is 36.4 Å². The van der Waals surface area contributed by atoms with Crippen LogP contribution in [0, 0.1) is 6.92 Å². The Labute approximate surface area is 148 Å². The maximum absolute atomic E-state index is 5.92. The molecule has 0 fully saturated rings. The lowest BCUT2D eigenvalue weighted by atomic mass is 9.96. The topological polar surface area (TPSA) is 64.3 Å². The second-order valence-electron chi connectivity index (χ2n) is 7.38. The number of aryl methyl sites for hydroxylation is 1. The standard InChI is InChI=1S/C19H25N5O/c1-13-6-8-15(9-7-13)25-14(2)12-20-16-10-11-17-21-22-18(19(3,4)5)24(17)23-16/h6-11,14H,12H2,1-5H3,(H,20,23). The summed E-state index contributed by atoms with van der Waals surface area (Å²) >= 11 is 0. The normalized spacial score (nSPS) is 13.0. The van der Waals surface area contributed by atoms with Crippen LogP contribution in [0.4, 0.5) is 5.82 Å². The van der Waals surface area contributed by atoms with Crippen molar-refractivity contribution >= 4 is 11.5 Å². The van der Waals surface area contributed by atoms with Crippen LogP contribution in [-0.4, -0.2) is 32.5 Å². The van der Waals surface area contributed by atoms with Gasteiger partial charge in [0.05, 0.1) is 6.54 Å². The molecule has 6 nitrogen and oxygen atoms in total. The minimum atomic E-state index is -0.118. The van der Waals surface area contributed by atoms with Crippen molar-refractivity contribution in [3.63, 3.8) is 0 Å². The first-order valence-electron chi connectivity index (χ1n) is 8.53. The number of aromatic nitrogens is 4. The van der Waals surface area contributed by atoms with Crippen LogP contribution in [0.3, 0.4) is 0 Å². The quantitative estimate of drug-likeness (QED) is 0.769. The van der Waals surface area contributed by atoms with E-state index in [4.69, 9.17) is 4.74 Å². The Bertz CT molecular complexity index is 848. The molecule has 0 aliphatic rings. The molecule has 6 heteroatoms. The van der Waals surface area contributed by atoms with Crippen LogP contribution >= 0.6 is 0 Å². The summed E-state index contributed by atoms with van der Waals surface area (Å²) in [6.07, 6.45) is 0.0169. The first-order chi connectivity index (χ1) is 11.8. The number of ether oxygens (including phenoxy) is 1. The number of fused-ring (bicyclic) bond motifs is 1. The van der Waals surface area contributed by atoms with Gasteiger partial charge in [-0.25, -0.2) is 0 Å². The van der Waals surface area contributed by atoms with E-state index in [9.17, 15) is 0 Å². The maximum Gasteiger partial charge on any atom is 0.178 e. The van der Waals surface area contributed by atoms with E-state index in [1.54, 1.807) is 4.52 Å². The molecule has 1 atom stereocenters. The molecule has 3 aromatic rings. The molecule has 0 spiro atoms. The number of hydrogen-bond donors (Lipinski definition) is 1. The Hall–Kier alpha value is -2.63. The second kappa shape index (κ2) is 6.70. The maximum atomic E-state index is 5.92. The van der Waals surface area contributed by atoms with E-state index in [1.165, 1.54) is 5.56 Å². The van der Waals surface area contributed by atoms with E-state index < -0.39 is 0 Å². The predicted octanol–water partition coefficient (Wildman–Crippen LogP) is 3.61. The molecule has 0 amide bonds. The van der Waals surface area contributed by atoms with Crippen molar-refractivity contribution < 1.29 is 4.74 Å². The van der Waals surface area contributed by atoms with Gasteiger partial charge in [0.2, 0.25) is 0 Å². The first kappa shape index (κ1) is 17.2. The Kier molecular flexibility index (Phi) is 4.61. The third-order valence-electron chi connectivity index (χ3n) is 3.86. The zero-order valence-corrected chi connectivity index (χ0v) is 15.4. The number of benzene rings is 1. The van der Waals surface area contributed by atoms with Gasteiger partial charge in [-0.1, -0.05) is 38.5 Å². The molecule has 0 aliphatic heterocycles. The highest BCUT2D eigenvalue weighted by atomic mass is 16.5. The highest BCUT2D eigenvalue weighted by Gasteiger charge is 2.21. The molecular weight excluding hydrogens is 314 g/mol. The van der Waals surface area contributed by atoms with E-state index in [2.05, 4.69) is 48.3 Å². The molecule has 0 saturated heterocycles. The lowest BCUT2D eigenvalue weighted by Gasteiger charge is -2.17. The zero-order valence-electron chi connectivity index (χ0n) is 15.4. The van der Waals surface area contributed by atoms with Gasteiger partial charge in [0, 0.05) is 5.41 Å². The van der Waals surface area contributed by atoms with Gasteiger partial charge in [-0.2, -0.15) is 4.52 Å². The Morgan fingerprint density at radius 3 is 2.48 bits per heavy atom. The van der Waals surface area contributed by atoms with E-state index in [0.717, 1.165) is 23.0 Å². The molecular formula is C19H25N5O. The van der Waals surface area contributed by atoms with Crippen LogP contribution in [-0.2, 0) is 5.41 Å². The van der Waals surface area contributed by atoms with Crippen LogP contribution in [0.5, 0.6) is 5.75 Å². The first-order valence-corrected chi connectivity index (χ1v) is 8.53. The molecule has 1 unspecified atom stereocenters. The molecule has 2 heterocycles. The smallest absolute Gasteiger partial charge is 0.178 e. The lowest BCUT2D eigenvalue weighted by Crippen LogP contribution is -2.23. The van der Waals surface area contributed by atoms with Crippen LogP contribution in [0.25, 0.3) is 5.65 Å². The molecule has 3 rings (SSSR count). The summed E-state index contributed by atoms with van der Waals surface area (Å²) in [5.41, 5.74) is 1.85. The Morgan fingerprint density at radius 1 is 1.08 bits per heavy atom. The van der Waals surface area contributed by atoms with Crippen molar-refractivity contribution in [3.8, 4) is 5.75 Å². The molecule has 0 saturated carbocycles. The molecule has 0 radical (unpaired) electrons. The molecule has 132 valence electrons. The number of rotatable bonds is 5. The van der Waals surface area contributed by atoms with Crippen molar-refractivity contribution in [1.29, 1.82) is 0 Å². The van der Waals surface area contributed by atoms with Crippen LogP contribution in [0.1, 0.15) is 39.1 Å². The Morgan fingerprint density at radius 2 is 1.80 bits per heavy atom. The monoisotopic (exact) mass is 339 g/mol. The van der Waals surface area contributed by atoms with Crippen molar-refractivity contribution in [3.05, 3.63) is 47.8 Å². The van der Waals surface area contributed by atoms with Crippen LogP contribution in [0.2, 0.25) is 0 Å². The minimum absolute atomic E-state index is 0.0169. The van der Waals surface area contributed by atoms with Crippen molar-refractivity contribution in [1.82, 2.24) is 19.8 Å². The number of nitrogens with one attached hydrogen (secondary N) is 1. The molecule has 0 bridgehead atoms. The molecule has 0 aliphatic carbocycles. The summed E-state index contributed by atoms with van der Waals surface area (Å²) < 4.78 is 7.72. The van der Waals surface area contributed by atoms with E-state index in [0.29, 0.717) is 6.54 Å². The van der Waals surface area contributed by atoms with Gasteiger partial charge in [0.1, 0.15) is 17.7 Å². The third kappa shape index (κ3) is 4.07. The van der Waals surface area contributed by atoms with E-state index >= 15 is 0 Å². The minimum Gasteiger partial charge on any atom is -0.489 e. The predicted molar refractivity (Wildman–Crippen MR) is 99.2 cm³/mol. The number of anilines is 1. The second-order valence-corrected chi connectivity index (χ2v) is 7.38. The largest absolute Gasteiger partial charge is 0.489 e. The SMILES string of the molecule is Cc1ccc(OC(C)CNc2ccc3nnc(C(C)(C)C)n3n2)cc1. The molecule has 1 aromatic carbocycles. The van der Waals surface area contributed by atoms with Crippen molar-refractivity contribution in [2.24, 2.45) is 0 Å². The fourth-order valence-corrected chi connectivity index (χ4v) is 2.49. The third-order valence-corrected chi connectivity index (χ3v) is 3.86. The number of hydrogen-bond acceptors (Lipinski definition) is 5. The summed E-state index contributed by atoms with van der Waals surface area (Å²) in [6.45, 7) is 11.0. The Balaban J connectivity index is 1.67. The fraction of sp³-hybridized carbons (Fsp3) is 0.421. The number of nitrogens with zero attached hydrogens (tertiary/aromatic N) is 4. The summed E-state index contributed by atoms with van der Waals surface area (Å²) in [6, 6.07) is 11.9. The lowest BCUT2D eigenvalue weighted by molar-refractivity contribution is 0.234. The van der Waals surface area contributed by atoms with E-state index in [1.807, 2.05) is 43.3 Å². The van der Waals surface area contributed by atoms with Crippen molar-refractivity contribution in [2.45, 2.75) is 46.1 Å². The fourth-order valence-electron chi connectivity index (χ4n) is 2.49. The average Bonchev–Trinajstić information content (AvgIpc) is 2.98. The highest BCUT2D eigenvalue weighted by Crippen LogP contribution is 2.20. The van der Waals surface area contributed by atoms with Gasteiger partial charge < -0.3 is 10.1 Å². The van der Waals surface area contributed by atoms with Gasteiger partial charge in [-0.05, 0) is 38.1 Å². The summed E-state index contributed by atoms with van der Waals surface area (Å²) in [5, 5.41) is 16.4. The molecule has 1 N–H and O–H groups in total. The summed E-state index contributed by atoms with van der Waals surface area (Å²) in [7, 11) is 0. The van der Waals surface area contributed by atoms with Gasteiger partial charge in [-0.15, -0.1) is 15.3 Å².